The first-order valence-corrected chi connectivity index (χ1v) is 9.77. The van der Waals surface area contributed by atoms with Crippen molar-refractivity contribution in [3.63, 3.8) is 0 Å². The number of phenolic OH excluding ortho intramolecular Hbond substituents is 1. The van der Waals surface area contributed by atoms with Crippen molar-refractivity contribution in [2.24, 2.45) is 0 Å². The van der Waals surface area contributed by atoms with Crippen LogP contribution < -0.4 is 20.3 Å². The van der Waals surface area contributed by atoms with E-state index in [1.54, 1.807) is 13.2 Å². The van der Waals surface area contributed by atoms with Gasteiger partial charge in [-0.15, -0.1) is 0 Å². The summed E-state index contributed by atoms with van der Waals surface area (Å²) in [7, 11) is 1.66. The Balaban J connectivity index is 1.48. The van der Waals surface area contributed by atoms with Gasteiger partial charge in [-0.25, -0.2) is 5.43 Å². The van der Waals surface area contributed by atoms with Crippen LogP contribution in [0.5, 0.6) is 17.2 Å². The lowest BCUT2D eigenvalue weighted by Crippen LogP contribution is -2.25. The summed E-state index contributed by atoms with van der Waals surface area (Å²) in [6.07, 6.45) is 0. The Kier molecular flexibility index (Phi) is 5.69. The molecular formula is C24H26N2O3. The van der Waals surface area contributed by atoms with Gasteiger partial charge in [-0.1, -0.05) is 48.0 Å². The second kappa shape index (κ2) is 8.55. The molecule has 1 saturated heterocycles. The van der Waals surface area contributed by atoms with Crippen LogP contribution in [0.25, 0.3) is 0 Å². The molecule has 3 aromatic carbocycles. The second-order valence-electron chi connectivity index (χ2n) is 7.38. The van der Waals surface area contributed by atoms with E-state index in [4.69, 9.17) is 9.47 Å². The van der Waals surface area contributed by atoms with Gasteiger partial charge in [-0.3, -0.25) is 5.43 Å². The van der Waals surface area contributed by atoms with Crippen molar-refractivity contribution in [2.75, 3.05) is 13.7 Å². The highest BCUT2D eigenvalue weighted by atomic mass is 16.5. The Morgan fingerprint density at radius 1 is 0.966 bits per heavy atom. The van der Waals surface area contributed by atoms with Gasteiger partial charge >= 0.3 is 0 Å². The third-order valence-corrected chi connectivity index (χ3v) is 5.39. The molecule has 0 bridgehead atoms. The van der Waals surface area contributed by atoms with E-state index < -0.39 is 0 Å². The summed E-state index contributed by atoms with van der Waals surface area (Å²) in [5, 5.41) is 10.7. The van der Waals surface area contributed by atoms with Gasteiger partial charge in [0.2, 0.25) is 0 Å². The zero-order chi connectivity index (χ0) is 20.2. The fourth-order valence-electron chi connectivity index (χ4n) is 3.68. The predicted octanol–water partition coefficient (Wildman–Crippen LogP) is 4.22. The molecule has 0 aromatic heterocycles. The Hall–Kier alpha value is -3.02. The number of hydrogen-bond donors (Lipinski definition) is 3. The smallest absolute Gasteiger partial charge is 0.124 e. The first-order valence-electron chi connectivity index (χ1n) is 9.77. The van der Waals surface area contributed by atoms with E-state index in [0.29, 0.717) is 12.4 Å². The molecule has 3 aromatic rings. The summed E-state index contributed by atoms with van der Waals surface area (Å²) in [5.41, 5.74) is 10.9. The van der Waals surface area contributed by atoms with Crippen molar-refractivity contribution in [1.29, 1.82) is 0 Å². The van der Waals surface area contributed by atoms with Crippen molar-refractivity contribution in [3.8, 4) is 17.2 Å². The van der Waals surface area contributed by atoms with Crippen LogP contribution in [-0.2, 0) is 6.61 Å². The van der Waals surface area contributed by atoms with Crippen molar-refractivity contribution in [2.45, 2.75) is 25.5 Å². The zero-order valence-electron chi connectivity index (χ0n) is 16.7. The summed E-state index contributed by atoms with van der Waals surface area (Å²) < 4.78 is 11.1. The van der Waals surface area contributed by atoms with Crippen molar-refractivity contribution >= 4 is 0 Å². The molecule has 1 heterocycles. The standard InChI is InChI=1S/C24H26N2O3/c1-16-3-5-17(6-4-16)15-29-20-11-12-21(23(27)13-20)24-22(14-25-26-24)18-7-9-19(28-2)10-8-18/h3-13,22,24-27H,14-15H2,1-2H3. The number of ether oxygens (including phenoxy) is 2. The van der Waals surface area contributed by atoms with Gasteiger partial charge in [-0.2, -0.15) is 0 Å². The first kappa shape index (κ1) is 19.3. The molecule has 0 radical (unpaired) electrons. The van der Waals surface area contributed by atoms with Crippen LogP contribution in [-0.4, -0.2) is 18.8 Å². The lowest BCUT2D eigenvalue weighted by atomic mass is 9.88. The number of rotatable bonds is 6. The predicted molar refractivity (Wildman–Crippen MR) is 113 cm³/mol. The van der Waals surface area contributed by atoms with Gasteiger partial charge in [0.15, 0.2) is 0 Å². The summed E-state index contributed by atoms with van der Waals surface area (Å²) >= 11 is 0. The maximum atomic E-state index is 10.7. The molecule has 2 atom stereocenters. The van der Waals surface area contributed by atoms with Crippen LogP contribution in [0.15, 0.2) is 66.7 Å². The minimum absolute atomic E-state index is 0.0328. The lowest BCUT2D eigenvalue weighted by molar-refractivity contribution is 0.304. The maximum Gasteiger partial charge on any atom is 0.124 e. The number of aryl methyl sites for hydroxylation is 1. The molecule has 3 N–H and O–H groups in total. The molecule has 0 saturated carbocycles. The van der Waals surface area contributed by atoms with Gasteiger partial charge in [0.05, 0.1) is 13.2 Å². The van der Waals surface area contributed by atoms with Crippen molar-refractivity contribution in [1.82, 2.24) is 10.9 Å². The SMILES string of the molecule is COc1ccc(C2CNNC2c2ccc(OCc3ccc(C)cc3)cc2O)cc1. The molecule has 0 spiro atoms. The zero-order valence-corrected chi connectivity index (χ0v) is 16.7. The molecule has 0 amide bonds. The minimum atomic E-state index is -0.0328. The van der Waals surface area contributed by atoms with E-state index in [9.17, 15) is 5.11 Å². The molecule has 150 valence electrons. The maximum absolute atomic E-state index is 10.7. The molecular weight excluding hydrogens is 364 g/mol. The number of benzene rings is 3. The van der Waals surface area contributed by atoms with Gasteiger partial charge in [0.25, 0.3) is 0 Å². The molecule has 1 fully saturated rings. The van der Waals surface area contributed by atoms with E-state index >= 15 is 0 Å². The monoisotopic (exact) mass is 390 g/mol. The van der Waals surface area contributed by atoms with Crippen LogP contribution in [0.1, 0.15) is 34.2 Å². The molecule has 2 unspecified atom stereocenters. The summed E-state index contributed by atoms with van der Waals surface area (Å²) in [6.45, 7) is 3.31. The third kappa shape index (κ3) is 4.36. The lowest BCUT2D eigenvalue weighted by Gasteiger charge is -2.21. The quantitative estimate of drug-likeness (QED) is 0.588. The highest BCUT2D eigenvalue weighted by molar-refractivity contribution is 5.44. The van der Waals surface area contributed by atoms with Crippen LogP contribution in [0.3, 0.4) is 0 Å². The van der Waals surface area contributed by atoms with Crippen LogP contribution in [0.2, 0.25) is 0 Å². The molecule has 4 rings (SSSR count). The average molecular weight is 390 g/mol. The number of aromatic hydroxyl groups is 1. The number of methoxy groups -OCH3 is 1. The molecule has 1 aliphatic heterocycles. The van der Waals surface area contributed by atoms with Crippen LogP contribution in [0, 0.1) is 6.92 Å². The Morgan fingerprint density at radius 2 is 1.69 bits per heavy atom. The topological polar surface area (TPSA) is 62.8 Å². The summed E-state index contributed by atoms with van der Waals surface area (Å²) in [5.74, 6) is 1.91. The highest BCUT2D eigenvalue weighted by Crippen LogP contribution is 2.39. The van der Waals surface area contributed by atoms with E-state index in [-0.39, 0.29) is 17.7 Å². The van der Waals surface area contributed by atoms with Gasteiger partial charge < -0.3 is 14.6 Å². The Bertz CT molecular complexity index is 955. The highest BCUT2D eigenvalue weighted by Gasteiger charge is 2.31. The van der Waals surface area contributed by atoms with E-state index in [1.807, 2.05) is 24.3 Å². The number of nitrogens with one attached hydrogen (secondary N) is 2. The Morgan fingerprint density at radius 3 is 2.38 bits per heavy atom. The second-order valence-corrected chi connectivity index (χ2v) is 7.38. The van der Waals surface area contributed by atoms with E-state index in [1.165, 1.54) is 11.1 Å². The fraction of sp³-hybridized carbons (Fsp3) is 0.250. The molecule has 1 aliphatic rings. The van der Waals surface area contributed by atoms with Crippen LogP contribution in [0.4, 0.5) is 0 Å². The molecule has 5 nitrogen and oxygen atoms in total. The minimum Gasteiger partial charge on any atom is -0.507 e. The van der Waals surface area contributed by atoms with Crippen molar-refractivity contribution in [3.05, 3.63) is 89.0 Å². The van der Waals surface area contributed by atoms with Crippen molar-refractivity contribution < 1.29 is 14.6 Å². The summed E-state index contributed by atoms with van der Waals surface area (Å²) in [4.78, 5) is 0. The molecule has 29 heavy (non-hydrogen) atoms. The third-order valence-electron chi connectivity index (χ3n) is 5.39. The molecule has 5 heteroatoms. The van der Waals surface area contributed by atoms with Gasteiger partial charge in [-0.05, 0) is 36.2 Å². The van der Waals surface area contributed by atoms with Crippen LogP contribution >= 0.6 is 0 Å². The Labute approximate surface area is 171 Å². The van der Waals surface area contributed by atoms with E-state index in [0.717, 1.165) is 23.4 Å². The molecule has 0 aliphatic carbocycles. The number of hydrazine groups is 1. The van der Waals surface area contributed by atoms with E-state index in [2.05, 4.69) is 54.2 Å². The summed E-state index contributed by atoms with van der Waals surface area (Å²) in [6, 6.07) is 21.8. The number of phenols is 1. The van der Waals surface area contributed by atoms with Gasteiger partial charge in [0.1, 0.15) is 23.9 Å². The largest absolute Gasteiger partial charge is 0.507 e. The van der Waals surface area contributed by atoms with Gasteiger partial charge in [0, 0.05) is 24.1 Å². The number of hydrogen-bond acceptors (Lipinski definition) is 5. The fourth-order valence-corrected chi connectivity index (χ4v) is 3.68. The average Bonchev–Trinajstić information content (AvgIpc) is 3.23. The first-order chi connectivity index (χ1) is 14.1. The normalized spacial score (nSPS) is 18.6.